The van der Waals surface area contributed by atoms with Crippen molar-refractivity contribution in [3.63, 3.8) is 0 Å². The Morgan fingerprint density at radius 1 is 1.14 bits per heavy atom. The molecule has 2 aromatic rings. The van der Waals surface area contributed by atoms with Gasteiger partial charge >= 0.3 is 0 Å². The smallest absolute Gasteiger partial charge is 0.252 e. The Bertz CT molecular complexity index is 836. The number of benzene rings is 1. The molecule has 28 heavy (non-hydrogen) atoms. The first kappa shape index (κ1) is 19.5. The van der Waals surface area contributed by atoms with E-state index in [4.69, 9.17) is 0 Å². The van der Waals surface area contributed by atoms with Crippen LogP contribution in [0, 0.1) is 12.8 Å². The molecule has 3 amide bonds. The zero-order valence-electron chi connectivity index (χ0n) is 15.9. The van der Waals surface area contributed by atoms with Crippen LogP contribution >= 0.6 is 0 Å². The molecule has 0 saturated carbocycles. The van der Waals surface area contributed by atoms with E-state index < -0.39 is 0 Å². The second-order valence-electron chi connectivity index (χ2n) is 6.95. The van der Waals surface area contributed by atoms with Gasteiger partial charge in [0.15, 0.2) is 0 Å². The highest BCUT2D eigenvalue weighted by Crippen LogP contribution is 2.20. The molecule has 0 aliphatic carbocycles. The van der Waals surface area contributed by atoms with Crippen LogP contribution < -0.4 is 10.6 Å². The van der Waals surface area contributed by atoms with Crippen molar-refractivity contribution in [3.8, 4) is 0 Å². The number of aromatic nitrogens is 1. The lowest BCUT2D eigenvalue weighted by molar-refractivity contribution is -0.129. The summed E-state index contributed by atoms with van der Waals surface area (Å²) in [5.74, 6) is -0.754. The van der Waals surface area contributed by atoms with Crippen LogP contribution in [0.15, 0.2) is 48.8 Å². The molecule has 0 radical (unpaired) electrons. The van der Waals surface area contributed by atoms with Crippen molar-refractivity contribution in [1.82, 2.24) is 20.5 Å². The fraction of sp³-hybridized carbons (Fsp3) is 0.333. The minimum absolute atomic E-state index is 0.00870. The predicted octanol–water partition coefficient (Wildman–Crippen LogP) is 1.28. The van der Waals surface area contributed by atoms with Gasteiger partial charge in [0, 0.05) is 45.0 Å². The molecule has 2 heterocycles. The van der Waals surface area contributed by atoms with Gasteiger partial charge in [-0.2, -0.15) is 0 Å². The second kappa shape index (κ2) is 9.12. The number of hydrogen-bond acceptors (Lipinski definition) is 4. The lowest BCUT2D eigenvalue weighted by atomic mass is 10.1. The first-order valence-electron chi connectivity index (χ1n) is 9.32. The molecule has 1 atom stereocenters. The number of carbonyl (C=O) groups is 3. The molecule has 2 N–H and O–H groups in total. The highest BCUT2D eigenvalue weighted by atomic mass is 16.2. The summed E-state index contributed by atoms with van der Waals surface area (Å²) in [6.07, 6.45) is 3.31. The number of nitrogens with one attached hydrogen (secondary N) is 2. The van der Waals surface area contributed by atoms with Crippen LogP contribution in [0.2, 0.25) is 0 Å². The number of pyridine rings is 1. The van der Waals surface area contributed by atoms with Crippen LogP contribution in [0.4, 0.5) is 0 Å². The van der Waals surface area contributed by atoms with Crippen molar-refractivity contribution in [1.29, 1.82) is 0 Å². The highest BCUT2D eigenvalue weighted by Gasteiger charge is 2.33. The van der Waals surface area contributed by atoms with E-state index in [1.165, 1.54) is 11.8 Å². The van der Waals surface area contributed by atoms with E-state index in [0.29, 0.717) is 31.7 Å². The molecule has 7 heteroatoms. The summed E-state index contributed by atoms with van der Waals surface area (Å²) in [5.41, 5.74) is 2.70. The second-order valence-corrected chi connectivity index (χ2v) is 6.95. The zero-order valence-corrected chi connectivity index (χ0v) is 15.9. The van der Waals surface area contributed by atoms with E-state index in [2.05, 4.69) is 15.6 Å². The van der Waals surface area contributed by atoms with Crippen LogP contribution in [0.5, 0.6) is 0 Å². The Hall–Kier alpha value is -3.22. The Kier molecular flexibility index (Phi) is 6.37. The van der Waals surface area contributed by atoms with Crippen molar-refractivity contribution >= 4 is 17.7 Å². The molecule has 1 saturated heterocycles. The lowest BCUT2D eigenvalue weighted by Gasteiger charge is -2.17. The number of aryl methyl sites for hydroxylation is 1. The summed E-state index contributed by atoms with van der Waals surface area (Å²) in [6, 6.07) is 11.4. The fourth-order valence-corrected chi connectivity index (χ4v) is 3.12. The van der Waals surface area contributed by atoms with Gasteiger partial charge in [-0.3, -0.25) is 19.4 Å². The Labute approximate surface area is 164 Å². The van der Waals surface area contributed by atoms with Crippen LogP contribution in [0.25, 0.3) is 0 Å². The molecule has 146 valence electrons. The van der Waals surface area contributed by atoms with Gasteiger partial charge in [-0.1, -0.05) is 29.8 Å². The number of rotatable bonds is 7. The number of nitrogens with zero attached hydrogens (tertiary/aromatic N) is 2. The van der Waals surface area contributed by atoms with Gasteiger partial charge in [0.2, 0.25) is 11.8 Å². The lowest BCUT2D eigenvalue weighted by Crippen LogP contribution is -2.38. The summed E-state index contributed by atoms with van der Waals surface area (Å²) in [6.45, 7) is 3.58. The number of carbonyl (C=O) groups excluding carboxylic acids is 3. The van der Waals surface area contributed by atoms with E-state index in [1.54, 1.807) is 23.2 Å². The van der Waals surface area contributed by atoms with Gasteiger partial charge in [0.05, 0.1) is 11.5 Å². The third-order valence-corrected chi connectivity index (χ3v) is 4.71. The molecule has 1 aliphatic heterocycles. The van der Waals surface area contributed by atoms with Crippen molar-refractivity contribution in [3.05, 3.63) is 65.5 Å². The molecule has 1 aromatic carbocycles. The highest BCUT2D eigenvalue weighted by molar-refractivity contribution is 5.93. The first-order valence-corrected chi connectivity index (χ1v) is 9.32. The third kappa shape index (κ3) is 5.16. The molecule has 1 fully saturated rings. The van der Waals surface area contributed by atoms with E-state index in [9.17, 15) is 14.4 Å². The largest absolute Gasteiger partial charge is 0.354 e. The molecule has 0 unspecified atom stereocenters. The Morgan fingerprint density at radius 3 is 2.61 bits per heavy atom. The molecule has 3 rings (SSSR count). The molecule has 7 nitrogen and oxygen atoms in total. The normalized spacial score (nSPS) is 16.1. The summed E-state index contributed by atoms with van der Waals surface area (Å²) >= 11 is 0. The van der Waals surface area contributed by atoms with Gasteiger partial charge in [-0.05, 0) is 24.6 Å². The number of amides is 3. The minimum Gasteiger partial charge on any atom is -0.354 e. The Morgan fingerprint density at radius 2 is 1.89 bits per heavy atom. The third-order valence-electron chi connectivity index (χ3n) is 4.71. The van der Waals surface area contributed by atoms with E-state index >= 15 is 0 Å². The molecule has 1 aromatic heterocycles. The minimum atomic E-state index is -0.355. The SMILES string of the molecule is Cc1ccc(CN2C[C@@H](C(=O)NCCNC(=O)c3cccnc3)CC2=O)cc1. The van der Waals surface area contributed by atoms with E-state index in [0.717, 1.165) is 5.56 Å². The zero-order chi connectivity index (χ0) is 19.9. The van der Waals surface area contributed by atoms with E-state index in [1.807, 2.05) is 31.2 Å². The summed E-state index contributed by atoms with van der Waals surface area (Å²) < 4.78 is 0. The summed E-state index contributed by atoms with van der Waals surface area (Å²) in [7, 11) is 0. The van der Waals surface area contributed by atoms with Crippen molar-refractivity contribution in [2.45, 2.75) is 19.9 Å². The first-order chi connectivity index (χ1) is 13.5. The van der Waals surface area contributed by atoms with Crippen molar-refractivity contribution < 1.29 is 14.4 Å². The average molecular weight is 380 g/mol. The standard InChI is InChI=1S/C21H24N4O3/c1-15-4-6-16(7-5-15)13-25-14-18(11-19(25)26)21(28)24-10-9-23-20(27)17-3-2-8-22-12-17/h2-8,12,18H,9-11,13-14H2,1H3,(H,23,27)(H,24,28)/t18-/m0/s1. The topological polar surface area (TPSA) is 91.4 Å². The fourth-order valence-electron chi connectivity index (χ4n) is 3.12. The quantitative estimate of drug-likeness (QED) is 0.708. The van der Waals surface area contributed by atoms with Crippen LogP contribution in [0.1, 0.15) is 27.9 Å². The van der Waals surface area contributed by atoms with Gasteiger partial charge in [-0.15, -0.1) is 0 Å². The van der Waals surface area contributed by atoms with Crippen LogP contribution in [-0.4, -0.2) is 47.2 Å². The molecular weight excluding hydrogens is 356 g/mol. The van der Waals surface area contributed by atoms with Crippen LogP contribution in [0.3, 0.4) is 0 Å². The molecule has 0 spiro atoms. The Balaban J connectivity index is 1.40. The van der Waals surface area contributed by atoms with E-state index in [-0.39, 0.29) is 30.1 Å². The molecule has 1 aliphatic rings. The summed E-state index contributed by atoms with van der Waals surface area (Å²) in [5, 5.41) is 5.52. The predicted molar refractivity (Wildman–Crippen MR) is 104 cm³/mol. The number of hydrogen-bond donors (Lipinski definition) is 2. The average Bonchev–Trinajstić information content (AvgIpc) is 3.08. The van der Waals surface area contributed by atoms with Gasteiger partial charge < -0.3 is 15.5 Å². The maximum atomic E-state index is 12.3. The maximum Gasteiger partial charge on any atom is 0.252 e. The number of likely N-dealkylation sites (tertiary alicyclic amines) is 1. The monoisotopic (exact) mass is 380 g/mol. The summed E-state index contributed by atoms with van der Waals surface area (Å²) in [4.78, 5) is 42.1. The van der Waals surface area contributed by atoms with Gasteiger partial charge in [0.1, 0.15) is 0 Å². The van der Waals surface area contributed by atoms with Crippen LogP contribution in [-0.2, 0) is 16.1 Å². The van der Waals surface area contributed by atoms with Crippen molar-refractivity contribution in [2.24, 2.45) is 5.92 Å². The maximum absolute atomic E-state index is 12.3. The van der Waals surface area contributed by atoms with Gasteiger partial charge in [0.25, 0.3) is 5.91 Å². The van der Waals surface area contributed by atoms with Gasteiger partial charge in [-0.25, -0.2) is 0 Å². The van der Waals surface area contributed by atoms with Crippen molar-refractivity contribution in [2.75, 3.05) is 19.6 Å². The molecular formula is C21H24N4O3. The molecule has 0 bridgehead atoms.